The van der Waals surface area contributed by atoms with E-state index in [2.05, 4.69) is 20.5 Å². The van der Waals surface area contributed by atoms with E-state index in [-0.39, 0.29) is 0 Å². The van der Waals surface area contributed by atoms with Gasteiger partial charge in [-0.15, -0.1) is 0 Å². The molecule has 2 aromatic rings. The van der Waals surface area contributed by atoms with Crippen molar-refractivity contribution in [3.63, 3.8) is 0 Å². The van der Waals surface area contributed by atoms with Crippen molar-refractivity contribution >= 4 is 17.4 Å². The highest BCUT2D eigenvalue weighted by atomic mass is 35.5. The number of nitrogens with two attached hydrogens (primary N) is 1. The summed E-state index contributed by atoms with van der Waals surface area (Å²) in [5.41, 5.74) is 3.46. The zero-order chi connectivity index (χ0) is 12.7. The predicted molar refractivity (Wildman–Crippen MR) is 68.7 cm³/mol. The number of anilines is 1. The fraction of sp³-hybridized carbons (Fsp3) is 0.364. The third-order valence-corrected chi connectivity index (χ3v) is 3.18. The van der Waals surface area contributed by atoms with Crippen molar-refractivity contribution in [1.29, 1.82) is 0 Å². The summed E-state index contributed by atoms with van der Waals surface area (Å²) in [6.45, 7) is 1.90. The number of hydrazine groups is 1. The van der Waals surface area contributed by atoms with E-state index >= 15 is 0 Å². The summed E-state index contributed by atoms with van der Waals surface area (Å²) in [7, 11) is 0. The van der Waals surface area contributed by atoms with E-state index in [0.29, 0.717) is 22.6 Å². The molecule has 0 amide bonds. The zero-order valence-electron chi connectivity index (χ0n) is 9.89. The molecule has 1 saturated carbocycles. The van der Waals surface area contributed by atoms with E-state index < -0.39 is 0 Å². The molecule has 2 aromatic heterocycles. The molecule has 0 radical (unpaired) electrons. The largest absolute Gasteiger partial charge is 0.308 e. The molecule has 0 spiro atoms. The third kappa shape index (κ3) is 1.93. The number of nitrogens with zero attached hydrogens (tertiary/aromatic N) is 4. The van der Waals surface area contributed by atoms with Crippen LogP contribution in [-0.4, -0.2) is 19.7 Å². The molecule has 18 heavy (non-hydrogen) atoms. The van der Waals surface area contributed by atoms with Crippen molar-refractivity contribution in [3.8, 4) is 5.82 Å². The highest BCUT2D eigenvalue weighted by molar-refractivity contribution is 6.30. The average molecular weight is 265 g/mol. The molecule has 3 rings (SSSR count). The molecule has 3 N–H and O–H groups in total. The second kappa shape index (κ2) is 4.22. The van der Waals surface area contributed by atoms with E-state index in [9.17, 15) is 0 Å². The van der Waals surface area contributed by atoms with Gasteiger partial charge in [0.15, 0.2) is 5.82 Å². The first-order chi connectivity index (χ1) is 8.69. The normalized spacial score (nSPS) is 14.8. The van der Waals surface area contributed by atoms with Crippen molar-refractivity contribution < 1.29 is 0 Å². The molecule has 0 saturated heterocycles. The van der Waals surface area contributed by atoms with Gasteiger partial charge < -0.3 is 5.43 Å². The molecule has 0 aromatic carbocycles. The molecule has 2 heterocycles. The number of nitrogen functional groups attached to an aromatic ring is 1. The lowest BCUT2D eigenvalue weighted by atomic mass is 10.3. The number of nitrogens with one attached hydrogen (secondary N) is 1. The van der Waals surface area contributed by atoms with Crippen LogP contribution in [0.1, 0.15) is 30.1 Å². The first-order valence-electron chi connectivity index (χ1n) is 5.74. The van der Waals surface area contributed by atoms with Gasteiger partial charge in [0.05, 0.1) is 17.4 Å². The van der Waals surface area contributed by atoms with Gasteiger partial charge >= 0.3 is 0 Å². The molecule has 1 aliphatic rings. The van der Waals surface area contributed by atoms with E-state index in [1.807, 2.05) is 6.92 Å². The van der Waals surface area contributed by atoms with Crippen LogP contribution in [0.5, 0.6) is 0 Å². The predicted octanol–water partition coefficient (Wildman–Crippen LogP) is 1.79. The summed E-state index contributed by atoms with van der Waals surface area (Å²) in [5, 5.41) is 4.74. The summed E-state index contributed by atoms with van der Waals surface area (Å²) in [6, 6.07) is 0. The maximum atomic E-state index is 5.88. The number of aromatic nitrogens is 4. The topological polar surface area (TPSA) is 81.6 Å². The van der Waals surface area contributed by atoms with Gasteiger partial charge in [0.1, 0.15) is 11.6 Å². The van der Waals surface area contributed by atoms with Crippen LogP contribution in [0.15, 0.2) is 12.4 Å². The van der Waals surface area contributed by atoms with E-state index in [1.54, 1.807) is 17.1 Å². The van der Waals surface area contributed by atoms with Gasteiger partial charge in [0, 0.05) is 11.5 Å². The summed E-state index contributed by atoms with van der Waals surface area (Å²) in [5.74, 6) is 8.11. The molecule has 0 unspecified atom stereocenters. The standard InChI is InChI=1S/C11H13ClN6/c1-6-9(17-13)15-10(7-2-3-7)16-11(6)18-5-8(12)4-14-18/h4-5,7H,2-3,13H2,1H3,(H,15,16,17). The Hall–Kier alpha value is -1.66. The second-order valence-electron chi connectivity index (χ2n) is 4.40. The molecule has 0 aliphatic heterocycles. The first kappa shape index (κ1) is 11.4. The molecule has 1 aliphatic carbocycles. The van der Waals surface area contributed by atoms with E-state index in [0.717, 1.165) is 24.2 Å². The Labute approximate surface area is 109 Å². The summed E-state index contributed by atoms with van der Waals surface area (Å²) < 4.78 is 1.64. The van der Waals surface area contributed by atoms with Crippen molar-refractivity contribution in [3.05, 3.63) is 28.8 Å². The Morgan fingerprint density at radius 2 is 2.22 bits per heavy atom. The minimum absolute atomic E-state index is 0.447. The van der Waals surface area contributed by atoms with Crippen LogP contribution in [0.3, 0.4) is 0 Å². The van der Waals surface area contributed by atoms with Crippen LogP contribution < -0.4 is 11.3 Å². The fourth-order valence-corrected chi connectivity index (χ4v) is 1.96. The van der Waals surface area contributed by atoms with Crippen molar-refractivity contribution in [2.45, 2.75) is 25.7 Å². The Morgan fingerprint density at radius 3 is 2.78 bits per heavy atom. The Bertz CT molecular complexity index is 589. The summed E-state index contributed by atoms with van der Waals surface area (Å²) >= 11 is 5.88. The average Bonchev–Trinajstić information content (AvgIpc) is 3.12. The number of rotatable bonds is 3. The zero-order valence-corrected chi connectivity index (χ0v) is 10.6. The minimum Gasteiger partial charge on any atom is -0.308 e. The van der Waals surface area contributed by atoms with Crippen molar-refractivity contribution in [1.82, 2.24) is 19.7 Å². The molecular weight excluding hydrogens is 252 g/mol. The van der Waals surface area contributed by atoms with Crippen LogP contribution in [0.4, 0.5) is 5.82 Å². The van der Waals surface area contributed by atoms with Gasteiger partial charge in [-0.25, -0.2) is 20.5 Å². The molecule has 7 heteroatoms. The van der Waals surface area contributed by atoms with Gasteiger partial charge in [-0.05, 0) is 19.8 Å². The van der Waals surface area contributed by atoms with Gasteiger partial charge in [-0.2, -0.15) is 5.10 Å². The third-order valence-electron chi connectivity index (χ3n) is 2.98. The maximum absolute atomic E-state index is 5.88. The lowest BCUT2D eigenvalue weighted by Crippen LogP contribution is -2.15. The van der Waals surface area contributed by atoms with Crippen LogP contribution >= 0.6 is 11.6 Å². The first-order valence-corrected chi connectivity index (χ1v) is 6.12. The quantitative estimate of drug-likeness (QED) is 0.652. The summed E-state index contributed by atoms with van der Waals surface area (Å²) in [4.78, 5) is 8.99. The number of hydrogen-bond donors (Lipinski definition) is 2. The smallest absolute Gasteiger partial charge is 0.162 e. The molecule has 1 fully saturated rings. The highest BCUT2D eigenvalue weighted by Gasteiger charge is 2.28. The Kier molecular flexibility index (Phi) is 2.68. The van der Waals surface area contributed by atoms with Gasteiger partial charge in [0.25, 0.3) is 0 Å². The van der Waals surface area contributed by atoms with E-state index in [4.69, 9.17) is 17.4 Å². The van der Waals surface area contributed by atoms with Crippen LogP contribution in [0.2, 0.25) is 5.02 Å². The molecule has 94 valence electrons. The highest BCUT2D eigenvalue weighted by Crippen LogP contribution is 2.39. The lowest BCUT2D eigenvalue weighted by Gasteiger charge is -2.11. The number of halogens is 1. The van der Waals surface area contributed by atoms with Crippen molar-refractivity contribution in [2.24, 2.45) is 5.84 Å². The minimum atomic E-state index is 0.447. The van der Waals surface area contributed by atoms with Crippen LogP contribution in [0.25, 0.3) is 5.82 Å². The Morgan fingerprint density at radius 1 is 1.44 bits per heavy atom. The van der Waals surface area contributed by atoms with Gasteiger partial charge in [0.2, 0.25) is 0 Å². The van der Waals surface area contributed by atoms with Crippen molar-refractivity contribution in [2.75, 3.05) is 5.43 Å². The second-order valence-corrected chi connectivity index (χ2v) is 4.84. The van der Waals surface area contributed by atoms with Crippen LogP contribution in [-0.2, 0) is 0 Å². The fourth-order valence-electron chi connectivity index (χ4n) is 1.83. The molecule has 6 nitrogen and oxygen atoms in total. The molecular formula is C11H13ClN6. The monoisotopic (exact) mass is 264 g/mol. The number of hydrogen-bond acceptors (Lipinski definition) is 5. The van der Waals surface area contributed by atoms with Crippen LogP contribution in [0, 0.1) is 6.92 Å². The molecule has 0 bridgehead atoms. The summed E-state index contributed by atoms with van der Waals surface area (Å²) in [6.07, 6.45) is 5.56. The molecule has 0 atom stereocenters. The van der Waals surface area contributed by atoms with E-state index in [1.165, 1.54) is 0 Å². The maximum Gasteiger partial charge on any atom is 0.162 e. The Balaban J connectivity index is 2.14. The van der Waals surface area contributed by atoms with Gasteiger partial charge in [-0.3, -0.25) is 0 Å². The lowest BCUT2D eigenvalue weighted by molar-refractivity contribution is 0.800. The SMILES string of the molecule is Cc1c(NN)nc(C2CC2)nc1-n1cc(Cl)cn1. The van der Waals surface area contributed by atoms with Gasteiger partial charge in [-0.1, -0.05) is 11.6 Å².